The molecule has 0 bridgehead atoms. The summed E-state index contributed by atoms with van der Waals surface area (Å²) in [6, 6.07) is 0. The van der Waals surface area contributed by atoms with E-state index in [1.54, 1.807) is 0 Å². The van der Waals surface area contributed by atoms with Crippen molar-refractivity contribution in [1.29, 1.82) is 0 Å². The Labute approximate surface area is 68.1 Å². The number of nitrogens with one attached hydrogen (secondary N) is 1. The molecule has 2 nitrogen and oxygen atoms in total. The van der Waals surface area contributed by atoms with Crippen molar-refractivity contribution in [3.05, 3.63) is 0 Å². The number of halogens is 1. The van der Waals surface area contributed by atoms with E-state index < -0.39 is 0 Å². The molecule has 0 amide bonds. The van der Waals surface area contributed by atoms with E-state index in [9.17, 15) is 4.39 Å². The normalized spacial score (nSPS) is 10.4. The number of hydrogen-bond acceptors (Lipinski definition) is 2. The van der Waals surface area contributed by atoms with Gasteiger partial charge in [0.2, 0.25) is 0 Å². The Kier molecular flexibility index (Phi) is 9.72. The Balaban J connectivity index is 2.69. The third kappa shape index (κ3) is 9.85. The van der Waals surface area contributed by atoms with E-state index in [0.29, 0.717) is 13.2 Å². The number of unbranched alkanes of at least 4 members (excludes halogenated alkanes) is 1. The third-order valence-corrected chi connectivity index (χ3v) is 1.34. The summed E-state index contributed by atoms with van der Waals surface area (Å²) in [5, 5.41) is 2.91. The Bertz CT molecular complexity index is 63.1. The second-order valence-corrected chi connectivity index (χ2v) is 2.40. The maximum absolute atomic E-state index is 11.5. The first kappa shape index (κ1) is 10.8. The summed E-state index contributed by atoms with van der Waals surface area (Å²) in [5.41, 5.74) is 0. The molecule has 0 unspecified atom stereocenters. The Morgan fingerprint density at radius 2 is 2.09 bits per heavy atom. The summed E-state index contributed by atoms with van der Waals surface area (Å²) in [6.45, 7) is 4.55. The quantitative estimate of drug-likeness (QED) is 0.545. The molecular weight excluding hydrogens is 145 g/mol. The lowest BCUT2D eigenvalue weighted by atomic mass is 10.4. The van der Waals surface area contributed by atoms with Crippen molar-refractivity contribution in [2.45, 2.75) is 19.8 Å². The second-order valence-electron chi connectivity index (χ2n) is 2.40. The van der Waals surface area contributed by atoms with Gasteiger partial charge in [-0.1, -0.05) is 13.3 Å². The van der Waals surface area contributed by atoms with Crippen molar-refractivity contribution in [2.75, 3.05) is 33.0 Å². The first-order chi connectivity index (χ1) is 5.41. The maximum Gasteiger partial charge on any atom is 0.102 e. The lowest BCUT2D eigenvalue weighted by Crippen LogP contribution is -2.22. The molecule has 0 aromatic rings. The molecule has 0 radical (unpaired) electrons. The number of rotatable bonds is 8. The molecule has 0 aromatic carbocycles. The topological polar surface area (TPSA) is 21.3 Å². The first-order valence-electron chi connectivity index (χ1n) is 4.26. The molecule has 3 heteroatoms. The van der Waals surface area contributed by atoms with E-state index in [1.807, 2.05) is 0 Å². The van der Waals surface area contributed by atoms with Crippen LogP contribution >= 0.6 is 0 Å². The van der Waals surface area contributed by atoms with Crippen molar-refractivity contribution in [1.82, 2.24) is 5.32 Å². The molecular formula is C8H18FNO. The van der Waals surface area contributed by atoms with E-state index in [-0.39, 0.29) is 6.67 Å². The second kappa shape index (κ2) is 9.85. The zero-order valence-corrected chi connectivity index (χ0v) is 7.24. The Morgan fingerprint density at radius 1 is 1.27 bits per heavy atom. The lowest BCUT2D eigenvalue weighted by Gasteiger charge is -2.03. The van der Waals surface area contributed by atoms with Crippen LogP contribution in [0.25, 0.3) is 0 Å². The fourth-order valence-corrected chi connectivity index (χ4v) is 0.685. The van der Waals surface area contributed by atoms with Gasteiger partial charge in [0, 0.05) is 19.7 Å². The van der Waals surface area contributed by atoms with Crippen LogP contribution in [0, 0.1) is 0 Å². The zero-order chi connectivity index (χ0) is 8.36. The van der Waals surface area contributed by atoms with Crippen molar-refractivity contribution in [3.8, 4) is 0 Å². The SMILES string of the molecule is CCCCOCCNCCF. The van der Waals surface area contributed by atoms with Crippen LogP contribution < -0.4 is 5.32 Å². The average molecular weight is 163 g/mol. The summed E-state index contributed by atoms with van der Waals surface area (Å²) < 4.78 is 16.8. The molecule has 0 fully saturated rings. The standard InChI is InChI=1S/C8H18FNO/c1-2-3-7-11-8-6-10-5-4-9/h10H,2-8H2,1H3. The van der Waals surface area contributed by atoms with Crippen LogP contribution in [0.2, 0.25) is 0 Å². The molecule has 0 heterocycles. The molecule has 0 spiro atoms. The fourth-order valence-electron chi connectivity index (χ4n) is 0.685. The van der Waals surface area contributed by atoms with Gasteiger partial charge in [-0.05, 0) is 6.42 Å². The largest absolute Gasteiger partial charge is 0.380 e. The molecule has 0 aromatic heterocycles. The van der Waals surface area contributed by atoms with E-state index in [1.165, 1.54) is 0 Å². The van der Waals surface area contributed by atoms with Gasteiger partial charge in [0.15, 0.2) is 0 Å². The minimum Gasteiger partial charge on any atom is -0.380 e. The van der Waals surface area contributed by atoms with Gasteiger partial charge < -0.3 is 10.1 Å². The van der Waals surface area contributed by atoms with Gasteiger partial charge in [0.1, 0.15) is 6.67 Å². The first-order valence-corrected chi connectivity index (χ1v) is 4.26. The number of alkyl halides is 1. The molecule has 1 N–H and O–H groups in total. The molecule has 0 saturated carbocycles. The minimum absolute atomic E-state index is 0.297. The number of hydrogen-bond donors (Lipinski definition) is 1. The van der Waals surface area contributed by atoms with Crippen LogP contribution in [0.5, 0.6) is 0 Å². The van der Waals surface area contributed by atoms with E-state index in [0.717, 1.165) is 26.0 Å². The molecule has 0 rings (SSSR count). The van der Waals surface area contributed by atoms with Gasteiger partial charge in [-0.2, -0.15) is 0 Å². The van der Waals surface area contributed by atoms with Gasteiger partial charge in [0.05, 0.1) is 6.61 Å². The molecule has 0 saturated heterocycles. The smallest absolute Gasteiger partial charge is 0.102 e. The van der Waals surface area contributed by atoms with Gasteiger partial charge >= 0.3 is 0 Å². The molecule has 0 aliphatic carbocycles. The molecule has 11 heavy (non-hydrogen) atoms. The average Bonchev–Trinajstić information content (AvgIpc) is 2.03. The van der Waals surface area contributed by atoms with Crippen LogP contribution in [0.15, 0.2) is 0 Å². The molecule has 0 atom stereocenters. The summed E-state index contributed by atoms with van der Waals surface area (Å²) >= 11 is 0. The van der Waals surface area contributed by atoms with E-state index in [2.05, 4.69) is 12.2 Å². The van der Waals surface area contributed by atoms with Gasteiger partial charge in [-0.25, -0.2) is 4.39 Å². The monoisotopic (exact) mass is 163 g/mol. The van der Waals surface area contributed by atoms with Crippen molar-refractivity contribution < 1.29 is 9.13 Å². The molecule has 0 aliphatic heterocycles. The van der Waals surface area contributed by atoms with Crippen LogP contribution in [0.3, 0.4) is 0 Å². The minimum atomic E-state index is -0.297. The highest BCUT2D eigenvalue weighted by Crippen LogP contribution is 1.86. The fraction of sp³-hybridized carbons (Fsp3) is 1.00. The molecule has 0 aliphatic rings. The summed E-state index contributed by atoms with van der Waals surface area (Å²) in [6.07, 6.45) is 2.28. The summed E-state index contributed by atoms with van der Waals surface area (Å²) in [5.74, 6) is 0. The van der Waals surface area contributed by atoms with Gasteiger partial charge in [-0.15, -0.1) is 0 Å². The Morgan fingerprint density at radius 3 is 2.73 bits per heavy atom. The van der Waals surface area contributed by atoms with Crippen LogP contribution in [0.1, 0.15) is 19.8 Å². The number of ether oxygens (including phenoxy) is 1. The molecule has 68 valence electrons. The summed E-state index contributed by atoms with van der Waals surface area (Å²) in [4.78, 5) is 0. The summed E-state index contributed by atoms with van der Waals surface area (Å²) in [7, 11) is 0. The predicted molar refractivity (Wildman–Crippen MR) is 44.6 cm³/mol. The lowest BCUT2D eigenvalue weighted by molar-refractivity contribution is 0.133. The van der Waals surface area contributed by atoms with Crippen LogP contribution in [-0.4, -0.2) is 33.0 Å². The van der Waals surface area contributed by atoms with Crippen LogP contribution in [-0.2, 0) is 4.74 Å². The van der Waals surface area contributed by atoms with E-state index in [4.69, 9.17) is 4.74 Å². The van der Waals surface area contributed by atoms with Crippen molar-refractivity contribution in [3.63, 3.8) is 0 Å². The zero-order valence-electron chi connectivity index (χ0n) is 7.24. The van der Waals surface area contributed by atoms with Gasteiger partial charge in [0.25, 0.3) is 0 Å². The maximum atomic E-state index is 11.5. The highest BCUT2D eigenvalue weighted by atomic mass is 19.1. The predicted octanol–water partition coefficient (Wildman–Crippen LogP) is 1.36. The third-order valence-electron chi connectivity index (χ3n) is 1.34. The highest BCUT2D eigenvalue weighted by Gasteiger charge is 1.87. The Hall–Kier alpha value is -0.150. The van der Waals surface area contributed by atoms with E-state index >= 15 is 0 Å². The van der Waals surface area contributed by atoms with Crippen molar-refractivity contribution in [2.24, 2.45) is 0 Å². The highest BCUT2D eigenvalue weighted by molar-refractivity contribution is 4.43. The van der Waals surface area contributed by atoms with Crippen LogP contribution in [0.4, 0.5) is 4.39 Å². The van der Waals surface area contributed by atoms with Gasteiger partial charge in [-0.3, -0.25) is 0 Å². The van der Waals surface area contributed by atoms with Crippen molar-refractivity contribution >= 4 is 0 Å².